The van der Waals surface area contributed by atoms with Crippen LogP contribution in [-0.4, -0.2) is 45.2 Å². The summed E-state index contributed by atoms with van der Waals surface area (Å²) in [7, 11) is 6.14. The van der Waals surface area contributed by atoms with Crippen LogP contribution in [0.5, 0.6) is 23.0 Å². The number of pyridine rings is 1. The van der Waals surface area contributed by atoms with E-state index in [0.29, 0.717) is 40.9 Å². The van der Waals surface area contributed by atoms with E-state index >= 15 is 0 Å². The van der Waals surface area contributed by atoms with Crippen LogP contribution in [0.25, 0.3) is 0 Å². The number of aromatic nitrogens is 1. The third kappa shape index (κ3) is 4.91. The van der Waals surface area contributed by atoms with E-state index in [2.05, 4.69) is 10.3 Å². The van der Waals surface area contributed by atoms with E-state index in [4.69, 9.17) is 18.9 Å². The number of nitrogens with one attached hydrogen (secondary N) is 1. The smallest absolute Gasteiger partial charge is 0.231 e. The zero-order chi connectivity index (χ0) is 25.7. The molecule has 0 bridgehead atoms. The molecule has 1 fully saturated rings. The molecule has 2 heterocycles. The molecule has 9 heteroatoms. The molecule has 4 rings (SSSR count). The molecule has 2 aromatic carbocycles. The number of carbonyl (C=O) groups excluding carboxylic acids is 2. The van der Waals surface area contributed by atoms with Gasteiger partial charge < -0.3 is 29.2 Å². The summed E-state index contributed by atoms with van der Waals surface area (Å²) in [5.74, 6) is 1.48. The van der Waals surface area contributed by atoms with Crippen molar-refractivity contribution in [2.24, 2.45) is 5.92 Å². The summed E-state index contributed by atoms with van der Waals surface area (Å²) in [5.41, 5.74) is 1.32. The predicted molar refractivity (Wildman–Crippen MR) is 135 cm³/mol. The molecule has 9 nitrogen and oxygen atoms in total. The van der Waals surface area contributed by atoms with Crippen LogP contribution in [0, 0.1) is 5.92 Å². The van der Waals surface area contributed by atoms with Crippen molar-refractivity contribution in [3.05, 3.63) is 66.4 Å². The highest BCUT2D eigenvalue weighted by Gasteiger charge is 2.42. The largest absolute Gasteiger partial charge is 0.497 e. The first-order valence-electron chi connectivity index (χ1n) is 11.5. The fourth-order valence-corrected chi connectivity index (χ4v) is 4.52. The molecule has 1 aliphatic heterocycles. The monoisotopic (exact) mass is 491 g/mol. The number of amides is 2. The molecule has 0 aliphatic carbocycles. The topological polar surface area (TPSA) is 99.2 Å². The van der Waals surface area contributed by atoms with Gasteiger partial charge in [-0.15, -0.1) is 0 Å². The minimum absolute atomic E-state index is 0.119. The van der Waals surface area contributed by atoms with E-state index in [1.807, 2.05) is 24.3 Å². The van der Waals surface area contributed by atoms with Gasteiger partial charge in [0.1, 0.15) is 11.6 Å². The first kappa shape index (κ1) is 24.8. The summed E-state index contributed by atoms with van der Waals surface area (Å²) < 4.78 is 21.8. The SMILES string of the molecule is COc1ccc([C@@H]2[C@H](C(=O)Nc3ccccn3)CCC(=O)N2c2cc(OC)c(OC)c(OC)c2)cc1. The fourth-order valence-electron chi connectivity index (χ4n) is 4.52. The molecule has 1 saturated heterocycles. The number of anilines is 2. The average molecular weight is 492 g/mol. The molecular formula is C27H29N3O6. The number of nitrogens with zero attached hydrogens (tertiary/aromatic N) is 2. The van der Waals surface area contributed by atoms with Crippen LogP contribution in [0.15, 0.2) is 60.8 Å². The minimum Gasteiger partial charge on any atom is -0.497 e. The number of benzene rings is 2. The highest BCUT2D eigenvalue weighted by molar-refractivity contribution is 6.00. The number of hydrogen-bond acceptors (Lipinski definition) is 7. The maximum Gasteiger partial charge on any atom is 0.231 e. The van der Waals surface area contributed by atoms with E-state index < -0.39 is 12.0 Å². The van der Waals surface area contributed by atoms with Crippen LogP contribution in [0.1, 0.15) is 24.4 Å². The molecule has 2 atom stereocenters. The van der Waals surface area contributed by atoms with Gasteiger partial charge in [-0.05, 0) is 36.2 Å². The fraction of sp³-hybridized carbons (Fsp3) is 0.296. The summed E-state index contributed by atoms with van der Waals surface area (Å²) in [5, 5.41) is 2.90. The Balaban J connectivity index is 1.82. The quantitative estimate of drug-likeness (QED) is 0.503. The predicted octanol–water partition coefficient (Wildman–Crippen LogP) is 4.24. The van der Waals surface area contributed by atoms with Gasteiger partial charge in [-0.3, -0.25) is 9.59 Å². The molecule has 1 aromatic heterocycles. The van der Waals surface area contributed by atoms with Gasteiger partial charge in [0, 0.05) is 24.8 Å². The van der Waals surface area contributed by atoms with Gasteiger partial charge in [-0.2, -0.15) is 0 Å². The molecular weight excluding hydrogens is 462 g/mol. The number of carbonyl (C=O) groups is 2. The second kappa shape index (κ2) is 11.0. The maximum atomic E-state index is 13.5. The summed E-state index contributed by atoms with van der Waals surface area (Å²) >= 11 is 0. The summed E-state index contributed by atoms with van der Waals surface area (Å²) in [6, 6.07) is 15.5. The van der Waals surface area contributed by atoms with Crippen molar-refractivity contribution in [2.45, 2.75) is 18.9 Å². The lowest BCUT2D eigenvalue weighted by Crippen LogP contribution is -2.47. The van der Waals surface area contributed by atoms with Crippen LogP contribution in [0.3, 0.4) is 0 Å². The zero-order valence-corrected chi connectivity index (χ0v) is 20.7. The Kier molecular flexibility index (Phi) is 7.58. The van der Waals surface area contributed by atoms with Crippen LogP contribution in [-0.2, 0) is 9.59 Å². The number of methoxy groups -OCH3 is 4. The van der Waals surface area contributed by atoms with Crippen molar-refractivity contribution in [3.8, 4) is 23.0 Å². The van der Waals surface area contributed by atoms with Crippen LogP contribution < -0.4 is 29.2 Å². The van der Waals surface area contributed by atoms with Gasteiger partial charge in [0.2, 0.25) is 17.6 Å². The van der Waals surface area contributed by atoms with Crippen LogP contribution in [0.4, 0.5) is 11.5 Å². The number of rotatable bonds is 8. The van der Waals surface area contributed by atoms with E-state index in [9.17, 15) is 9.59 Å². The number of piperidine rings is 1. The Morgan fingerprint density at radius 1 is 0.944 bits per heavy atom. The van der Waals surface area contributed by atoms with E-state index in [1.165, 1.54) is 21.3 Å². The Labute approximate surface area is 209 Å². The molecule has 188 valence electrons. The molecule has 0 spiro atoms. The minimum atomic E-state index is -0.594. The average Bonchev–Trinajstić information content (AvgIpc) is 2.92. The van der Waals surface area contributed by atoms with Crippen molar-refractivity contribution in [3.63, 3.8) is 0 Å². The second-order valence-corrected chi connectivity index (χ2v) is 8.21. The molecule has 36 heavy (non-hydrogen) atoms. The van der Waals surface area contributed by atoms with E-state index in [-0.39, 0.29) is 18.2 Å². The van der Waals surface area contributed by atoms with Gasteiger partial charge in [-0.1, -0.05) is 18.2 Å². The first-order valence-corrected chi connectivity index (χ1v) is 11.5. The normalized spacial score (nSPS) is 17.3. The van der Waals surface area contributed by atoms with Crippen molar-refractivity contribution in [1.29, 1.82) is 0 Å². The van der Waals surface area contributed by atoms with Crippen molar-refractivity contribution in [1.82, 2.24) is 4.98 Å². The van der Waals surface area contributed by atoms with Crippen molar-refractivity contribution >= 4 is 23.3 Å². The van der Waals surface area contributed by atoms with Gasteiger partial charge in [0.15, 0.2) is 11.5 Å². The number of hydrogen-bond donors (Lipinski definition) is 1. The lowest BCUT2D eigenvalue weighted by molar-refractivity contribution is -0.125. The zero-order valence-electron chi connectivity index (χ0n) is 20.7. The molecule has 0 radical (unpaired) electrons. The Bertz CT molecular complexity index is 1190. The lowest BCUT2D eigenvalue weighted by Gasteiger charge is -2.41. The third-order valence-electron chi connectivity index (χ3n) is 6.24. The summed E-state index contributed by atoms with van der Waals surface area (Å²) in [6.45, 7) is 0. The van der Waals surface area contributed by atoms with Crippen LogP contribution >= 0.6 is 0 Å². The van der Waals surface area contributed by atoms with Crippen molar-refractivity contribution < 1.29 is 28.5 Å². The van der Waals surface area contributed by atoms with Gasteiger partial charge in [0.05, 0.1) is 46.1 Å². The van der Waals surface area contributed by atoms with E-state index in [1.54, 1.807) is 48.5 Å². The number of ether oxygens (including phenoxy) is 4. The Morgan fingerprint density at radius 3 is 2.19 bits per heavy atom. The Hall–Kier alpha value is -4.27. The maximum absolute atomic E-state index is 13.5. The Morgan fingerprint density at radius 2 is 1.64 bits per heavy atom. The molecule has 1 aliphatic rings. The van der Waals surface area contributed by atoms with E-state index in [0.717, 1.165) is 5.56 Å². The first-order chi connectivity index (χ1) is 17.5. The van der Waals surface area contributed by atoms with Gasteiger partial charge in [0.25, 0.3) is 0 Å². The summed E-state index contributed by atoms with van der Waals surface area (Å²) in [4.78, 5) is 32.8. The van der Waals surface area contributed by atoms with Crippen molar-refractivity contribution in [2.75, 3.05) is 38.7 Å². The third-order valence-corrected chi connectivity index (χ3v) is 6.24. The molecule has 0 saturated carbocycles. The standard InChI is InChI=1S/C27H29N3O6/c1-33-19-10-8-17(9-11-19)25-20(27(32)29-23-7-5-6-14-28-23)12-13-24(31)30(25)18-15-21(34-2)26(36-4)22(16-18)35-3/h5-11,14-16,20,25H,12-13H2,1-4H3,(H,28,29,32)/t20-,25-/m1/s1. The molecule has 3 aromatic rings. The molecule has 0 unspecified atom stereocenters. The lowest BCUT2D eigenvalue weighted by atomic mass is 9.83. The van der Waals surface area contributed by atoms with Gasteiger partial charge >= 0.3 is 0 Å². The van der Waals surface area contributed by atoms with Gasteiger partial charge in [-0.25, -0.2) is 4.98 Å². The highest BCUT2D eigenvalue weighted by Crippen LogP contribution is 2.46. The summed E-state index contributed by atoms with van der Waals surface area (Å²) in [6.07, 6.45) is 2.20. The molecule has 2 amide bonds. The molecule has 1 N–H and O–H groups in total. The highest BCUT2D eigenvalue weighted by atomic mass is 16.5. The van der Waals surface area contributed by atoms with Crippen LogP contribution in [0.2, 0.25) is 0 Å². The second-order valence-electron chi connectivity index (χ2n) is 8.21.